The molecule has 0 radical (unpaired) electrons. The first-order chi connectivity index (χ1) is 18.2. The fourth-order valence-electron chi connectivity index (χ4n) is 4.15. The van der Waals surface area contributed by atoms with Crippen LogP contribution in [0, 0.1) is 0 Å². The van der Waals surface area contributed by atoms with Gasteiger partial charge in [0.2, 0.25) is 0 Å². The van der Waals surface area contributed by atoms with Crippen molar-refractivity contribution in [3.05, 3.63) is 105 Å². The van der Waals surface area contributed by atoms with E-state index in [2.05, 4.69) is 20.9 Å². The first-order valence-corrected chi connectivity index (χ1v) is 13.8. The van der Waals surface area contributed by atoms with Gasteiger partial charge in [0.1, 0.15) is 23.3 Å². The maximum Gasteiger partial charge on any atom is 0.338 e. The molecule has 194 valence electrons. The molecule has 0 bridgehead atoms. The average molecular weight is 634 g/mol. The number of esters is 1. The van der Waals surface area contributed by atoms with E-state index in [1.165, 1.54) is 10.6 Å². The van der Waals surface area contributed by atoms with Crippen LogP contribution in [-0.4, -0.2) is 22.2 Å². The number of rotatable bonds is 5. The molecular weight excluding hydrogens is 615 g/mol. The van der Waals surface area contributed by atoms with E-state index in [0.29, 0.717) is 47.7 Å². The van der Waals surface area contributed by atoms with Gasteiger partial charge in [-0.25, -0.2) is 9.79 Å². The summed E-state index contributed by atoms with van der Waals surface area (Å²) in [5, 5.41) is 11.1. The molecule has 1 atom stereocenters. The van der Waals surface area contributed by atoms with Crippen molar-refractivity contribution in [3.8, 4) is 17.1 Å². The first kappa shape index (κ1) is 26.5. The Balaban J connectivity index is 1.70. The van der Waals surface area contributed by atoms with Crippen LogP contribution in [0.15, 0.2) is 78.5 Å². The minimum absolute atomic E-state index is 0.0243. The summed E-state index contributed by atoms with van der Waals surface area (Å²) >= 11 is 16.8. The van der Waals surface area contributed by atoms with Crippen molar-refractivity contribution in [2.45, 2.75) is 19.9 Å². The fourth-order valence-corrected chi connectivity index (χ4v) is 5.86. The van der Waals surface area contributed by atoms with E-state index < -0.39 is 12.0 Å². The Bertz CT molecular complexity index is 1800. The summed E-state index contributed by atoms with van der Waals surface area (Å²) in [5.74, 6) is 0.264. The number of nitrogens with zero attached hydrogens (tertiary/aromatic N) is 2. The van der Waals surface area contributed by atoms with Crippen LogP contribution in [0.5, 0.6) is 5.75 Å². The summed E-state index contributed by atoms with van der Waals surface area (Å²) < 4.78 is 14.0. The Morgan fingerprint density at radius 1 is 1.21 bits per heavy atom. The summed E-state index contributed by atoms with van der Waals surface area (Å²) in [6, 6.07) is 12.6. The van der Waals surface area contributed by atoms with Crippen molar-refractivity contribution in [3.63, 3.8) is 0 Å². The molecule has 0 saturated carbocycles. The maximum atomic E-state index is 13.7. The van der Waals surface area contributed by atoms with Gasteiger partial charge in [0, 0.05) is 15.6 Å². The zero-order valence-corrected chi connectivity index (χ0v) is 23.9. The topological polar surface area (TPSA) is 94.0 Å². The van der Waals surface area contributed by atoms with Crippen LogP contribution in [-0.2, 0) is 9.53 Å². The number of phenolic OH excluding ortho intramolecular Hbond substituents is 1. The summed E-state index contributed by atoms with van der Waals surface area (Å²) in [7, 11) is 0. The van der Waals surface area contributed by atoms with Crippen LogP contribution in [0.1, 0.15) is 31.2 Å². The van der Waals surface area contributed by atoms with Crippen molar-refractivity contribution in [1.82, 2.24) is 4.57 Å². The van der Waals surface area contributed by atoms with Crippen LogP contribution >= 0.6 is 50.5 Å². The van der Waals surface area contributed by atoms with Crippen molar-refractivity contribution in [2.75, 3.05) is 6.61 Å². The van der Waals surface area contributed by atoms with Crippen LogP contribution in [0.2, 0.25) is 10.0 Å². The minimum Gasteiger partial charge on any atom is -0.507 e. The summed E-state index contributed by atoms with van der Waals surface area (Å²) in [4.78, 5) is 31.7. The van der Waals surface area contributed by atoms with Gasteiger partial charge in [-0.05, 0) is 68.5 Å². The summed E-state index contributed by atoms with van der Waals surface area (Å²) in [5.41, 5.74) is 1.37. The molecule has 0 unspecified atom stereocenters. The number of aromatic nitrogens is 1. The van der Waals surface area contributed by atoms with Gasteiger partial charge in [0.05, 0.1) is 32.5 Å². The number of phenols is 1. The third-order valence-corrected chi connectivity index (χ3v) is 8.11. The first-order valence-electron chi connectivity index (χ1n) is 11.4. The molecule has 11 heteroatoms. The molecule has 7 nitrogen and oxygen atoms in total. The number of ether oxygens (including phenoxy) is 1. The summed E-state index contributed by atoms with van der Waals surface area (Å²) in [6.07, 6.45) is 1.59. The van der Waals surface area contributed by atoms with Crippen LogP contribution in [0.3, 0.4) is 0 Å². The Morgan fingerprint density at radius 2 is 2.00 bits per heavy atom. The number of halogens is 3. The predicted molar refractivity (Wildman–Crippen MR) is 150 cm³/mol. The molecule has 38 heavy (non-hydrogen) atoms. The molecule has 2 aromatic carbocycles. The highest BCUT2D eigenvalue weighted by molar-refractivity contribution is 9.10. The Morgan fingerprint density at radius 3 is 2.74 bits per heavy atom. The molecule has 0 spiro atoms. The van der Waals surface area contributed by atoms with Crippen molar-refractivity contribution < 1.29 is 19.1 Å². The summed E-state index contributed by atoms with van der Waals surface area (Å²) in [6.45, 7) is 3.55. The number of hydrogen-bond donors (Lipinski definition) is 1. The molecule has 0 fully saturated rings. The zero-order valence-electron chi connectivity index (χ0n) is 20.0. The molecule has 1 aliphatic heterocycles. The van der Waals surface area contributed by atoms with E-state index >= 15 is 0 Å². The normalized spacial score (nSPS) is 15.4. The zero-order chi connectivity index (χ0) is 27.1. The molecule has 1 aliphatic rings. The monoisotopic (exact) mass is 632 g/mol. The maximum absolute atomic E-state index is 13.7. The standard InChI is InChI=1S/C27H19BrCl2N2O5S/c1-3-36-26(35)23-13(2)31-27-32(25(34)22(38-27)12-15-10-16(28)5-7-19(15)33)24(23)21-9-8-20(37-21)14-4-6-17(29)18(30)11-14/h4-12,24,33H,3H2,1-2H3/b22-12-/t24-/m1/s1. The molecule has 0 amide bonds. The number of aromatic hydroxyl groups is 1. The van der Waals surface area contributed by atoms with Gasteiger partial charge in [-0.2, -0.15) is 0 Å². The lowest BCUT2D eigenvalue weighted by molar-refractivity contribution is -0.139. The Labute approximate surface area is 239 Å². The van der Waals surface area contributed by atoms with E-state index in [9.17, 15) is 14.7 Å². The number of allylic oxidation sites excluding steroid dienone is 1. The van der Waals surface area contributed by atoms with Crippen LogP contribution in [0.4, 0.5) is 0 Å². The highest BCUT2D eigenvalue weighted by Gasteiger charge is 2.35. The number of thiazole rings is 1. The van der Waals surface area contributed by atoms with Crippen LogP contribution < -0.4 is 14.9 Å². The fraction of sp³-hybridized carbons (Fsp3) is 0.148. The lowest BCUT2D eigenvalue weighted by atomic mass is 10.0. The van der Waals surface area contributed by atoms with Crippen LogP contribution in [0.25, 0.3) is 17.4 Å². The minimum atomic E-state index is -0.917. The molecular formula is C27H19BrCl2N2O5S. The smallest absolute Gasteiger partial charge is 0.338 e. The molecule has 4 aromatic rings. The number of carbonyl (C=O) groups excluding carboxylic acids is 1. The number of benzene rings is 2. The van der Waals surface area contributed by atoms with Gasteiger partial charge in [-0.1, -0.05) is 50.5 Å². The highest BCUT2D eigenvalue weighted by atomic mass is 79.9. The predicted octanol–water partition coefficient (Wildman–Crippen LogP) is 5.83. The molecule has 3 heterocycles. The van der Waals surface area contributed by atoms with Crippen molar-refractivity contribution in [2.24, 2.45) is 4.99 Å². The second-order valence-corrected chi connectivity index (χ2v) is 11.1. The number of hydrogen-bond acceptors (Lipinski definition) is 7. The van der Waals surface area contributed by atoms with Crippen molar-refractivity contribution in [1.29, 1.82) is 0 Å². The molecule has 0 saturated heterocycles. The van der Waals surface area contributed by atoms with Gasteiger partial charge in [0.25, 0.3) is 5.56 Å². The van der Waals surface area contributed by atoms with Crippen molar-refractivity contribution >= 4 is 62.5 Å². The molecule has 2 aromatic heterocycles. The number of carbonyl (C=O) groups is 1. The third-order valence-electron chi connectivity index (χ3n) is 5.89. The lowest BCUT2D eigenvalue weighted by Crippen LogP contribution is -2.39. The second-order valence-electron chi connectivity index (χ2n) is 8.34. The second kappa shape index (κ2) is 10.6. The molecule has 5 rings (SSSR count). The van der Waals surface area contributed by atoms with Gasteiger partial charge < -0.3 is 14.3 Å². The molecule has 1 N–H and O–H groups in total. The van der Waals surface area contributed by atoms with Gasteiger partial charge in [0.15, 0.2) is 4.80 Å². The van der Waals surface area contributed by atoms with Gasteiger partial charge in [-0.3, -0.25) is 9.36 Å². The lowest BCUT2D eigenvalue weighted by Gasteiger charge is -2.22. The van der Waals surface area contributed by atoms with Gasteiger partial charge >= 0.3 is 5.97 Å². The highest BCUT2D eigenvalue weighted by Crippen LogP contribution is 2.35. The third kappa shape index (κ3) is 4.87. The Kier molecular flexibility index (Phi) is 7.37. The largest absolute Gasteiger partial charge is 0.507 e. The quantitative estimate of drug-likeness (QED) is 0.279. The van der Waals surface area contributed by atoms with E-state index in [0.717, 1.165) is 15.8 Å². The molecule has 0 aliphatic carbocycles. The SMILES string of the molecule is CCOC(=O)C1=C(C)N=c2s/c(=C\c3cc(Br)ccc3O)c(=O)n2[C@@H]1c1ccc(-c2ccc(Cl)c(Cl)c2)o1. The number of fused-ring (bicyclic) bond motifs is 1. The van der Waals surface area contributed by atoms with Gasteiger partial charge in [-0.15, -0.1) is 0 Å². The average Bonchev–Trinajstić information content (AvgIpc) is 3.47. The van der Waals surface area contributed by atoms with E-state index in [1.807, 2.05) is 0 Å². The number of furan rings is 1. The van der Waals surface area contributed by atoms with E-state index in [1.54, 1.807) is 62.4 Å². The van der Waals surface area contributed by atoms with E-state index in [-0.39, 0.29) is 23.5 Å². The Hall–Kier alpha value is -3.11. The van der Waals surface area contributed by atoms with E-state index in [4.69, 9.17) is 32.4 Å².